The van der Waals surface area contributed by atoms with E-state index in [1.54, 1.807) is 12.1 Å². The Morgan fingerprint density at radius 2 is 2.32 bits per heavy atom. The summed E-state index contributed by atoms with van der Waals surface area (Å²) in [6.45, 7) is 0.430. The lowest BCUT2D eigenvalue weighted by Gasteiger charge is -2.10. The summed E-state index contributed by atoms with van der Waals surface area (Å²) in [5.41, 5.74) is 1.59. The lowest BCUT2D eigenvalue weighted by atomic mass is 10.2. The van der Waals surface area contributed by atoms with E-state index in [9.17, 15) is 4.79 Å². The second kappa shape index (κ2) is 5.17. The van der Waals surface area contributed by atoms with Gasteiger partial charge < -0.3 is 9.30 Å². The summed E-state index contributed by atoms with van der Waals surface area (Å²) in [5.74, 6) is 0.599. The van der Waals surface area contributed by atoms with Gasteiger partial charge in [-0.25, -0.2) is 4.98 Å². The lowest BCUT2D eigenvalue weighted by molar-refractivity contribution is 0.111. The third kappa shape index (κ3) is 2.71. The molecular weight excluding hydrogens is 308 g/mol. The van der Waals surface area contributed by atoms with E-state index in [1.165, 1.54) is 12.8 Å². The Hall–Kier alpha value is -1.62. The number of nitrogens with zero attached hydrogens (tertiary/aromatic N) is 2. The molecule has 2 aromatic rings. The minimum absolute atomic E-state index is 0.430. The molecule has 1 aliphatic carbocycles. The SMILES string of the molecule is O=Cc1cc(Br)ccc1OCc1cncn1C1CC1. The molecule has 0 amide bonds. The van der Waals surface area contributed by atoms with Gasteiger partial charge in [0.2, 0.25) is 0 Å². The smallest absolute Gasteiger partial charge is 0.153 e. The molecule has 0 bridgehead atoms. The normalized spacial score (nSPS) is 14.4. The van der Waals surface area contributed by atoms with Crippen molar-refractivity contribution in [3.63, 3.8) is 0 Å². The van der Waals surface area contributed by atoms with Crippen LogP contribution in [0.25, 0.3) is 0 Å². The maximum atomic E-state index is 11.0. The van der Waals surface area contributed by atoms with Gasteiger partial charge in [-0.1, -0.05) is 15.9 Å². The van der Waals surface area contributed by atoms with Gasteiger partial charge in [0.05, 0.1) is 23.8 Å². The van der Waals surface area contributed by atoms with Crippen LogP contribution < -0.4 is 4.74 Å². The van der Waals surface area contributed by atoms with Crippen molar-refractivity contribution in [3.05, 3.63) is 46.5 Å². The number of imidazole rings is 1. The first-order valence-electron chi connectivity index (χ1n) is 6.16. The van der Waals surface area contributed by atoms with E-state index in [0.29, 0.717) is 24.0 Å². The van der Waals surface area contributed by atoms with Crippen LogP contribution in [-0.2, 0) is 6.61 Å². The summed E-state index contributed by atoms with van der Waals surface area (Å²) < 4.78 is 8.75. The zero-order chi connectivity index (χ0) is 13.2. The summed E-state index contributed by atoms with van der Waals surface area (Å²) in [6.07, 6.45) is 6.89. The number of rotatable bonds is 5. The number of hydrogen-bond acceptors (Lipinski definition) is 3. The summed E-state index contributed by atoms with van der Waals surface area (Å²) in [5, 5.41) is 0. The third-order valence-corrected chi connectivity index (χ3v) is 3.65. The maximum Gasteiger partial charge on any atom is 0.153 e. The number of hydrogen-bond donors (Lipinski definition) is 0. The fourth-order valence-corrected chi connectivity index (χ4v) is 2.40. The number of benzene rings is 1. The Kier molecular flexibility index (Phi) is 3.38. The fourth-order valence-electron chi connectivity index (χ4n) is 2.02. The van der Waals surface area contributed by atoms with Crippen LogP contribution >= 0.6 is 15.9 Å². The van der Waals surface area contributed by atoms with Gasteiger partial charge in [0.1, 0.15) is 12.4 Å². The van der Waals surface area contributed by atoms with Crippen LogP contribution in [0.15, 0.2) is 35.2 Å². The Morgan fingerprint density at radius 3 is 3.05 bits per heavy atom. The fraction of sp³-hybridized carbons (Fsp3) is 0.286. The van der Waals surface area contributed by atoms with E-state index < -0.39 is 0 Å². The third-order valence-electron chi connectivity index (χ3n) is 3.16. The summed E-state index contributed by atoms with van der Waals surface area (Å²) >= 11 is 3.34. The molecular formula is C14H13BrN2O2. The molecule has 0 unspecified atom stereocenters. The Bertz CT molecular complexity index is 605. The highest BCUT2D eigenvalue weighted by molar-refractivity contribution is 9.10. The number of carbonyl (C=O) groups is 1. The van der Waals surface area contributed by atoms with E-state index in [4.69, 9.17) is 4.74 Å². The van der Waals surface area contributed by atoms with Gasteiger partial charge in [0.25, 0.3) is 0 Å². The molecule has 5 heteroatoms. The molecule has 1 saturated carbocycles. The molecule has 0 saturated heterocycles. The van der Waals surface area contributed by atoms with Crippen molar-refractivity contribution >= 4 is 22.2 Å². The van der Waals surface area contributed by atoms with Crippen LogP contribution in [0.5, 0.6) is 5.75 Å². The first kappa shape index (κ1) is 12.4. The minimum Gasteiger partial charge on any atom is -0.487 e. The van der Waals surface area contributed by atoms with Crippen molar-refractivity contribution in [2.75, 3.05) is 0 Å². The average Bonchev–Trinajstić information content (AvgIpc) is 3.16. The molecule has 19 heavy (non-hydrogen) atoms. The highest BCUT2D eigenvalue weighted by atomic mass is 79.9. The van der Waals surface area contributed by atoms with Crippen LogP contribution in [0.3, 0.4) is 0 Å². The number of carbonyl (C=O) groups excluding carboxylic acids is 1. The van der Waals surface area contributed by atoms with Crippen molar-refractivity contribution in [1.29, 1.82) is 0 Å². The van der Waals surface area contributed by atoms with Crippen LogP contribution in [0.4, 0.5) is 0 Å². The summed E-state index contributed by atoms with van der Waals surface area (Å²) in [6, 6.07) is 5.99. The number of ether oxygens (including phenoxy) is 1. The van der Waals surface area contributed by atoms with E-state index in [2.05, 4.69) is 25.5 Å². The summed E-state index contributed by atoms with van der Waals surface area (Å²) in [4.78, 5) is 15.2. The predicted molar refractivity (Wildman–Crippen MR) is 74.4 cm³/mol. The standard InChI is InChI=1S/C14H13BrN2O2/c15-11-1-4-14(10(5-11)7-18)19-8-13-6-16-9-17(13)12-2-3-12/h1,4-7,9,12H,2-3,8H2. The first-order valence-corrected chi connectivity index (χ1v) is 6.95. The van der Waals surface area contributed by atoms with Crippen LogP contribution in [0, 0.1) is 0 Å². The van der Waals surface area contributed by atoms with E-state index in [1.807, 2.05) is 18.6 Å². The molecule has 1 aromatic carbocycles. The number of halogens is 1. The van der Waals surface area contributed by atoms with Gasteiger partial charge in [-0.15, -0.1) is 0 Å². The quantitative estimate of drug-likeness (QED) is 0.793. The number of aromatic nitrogens is 2. The molecule has 0 spiro atoms. The molecule has 98 valence electrons. The second-order valence-electron chi connectivity index (χ2n) is 4.61. The van der Waals surface area contributed by atoms with Crippen LogP contribution in [0.2, 0.25) is 0 Å². The topological polar surface area (TPSA) is 44.1 Å². The van der Waals surface area contributed by atoms with Gasteiger partial charge in [0, 0.05) is 10.5 Å². The van der Waals surface area contributed by atoms with E-state index in [-0.39, 0.29) is 0 Å². The summed E-state index contributed by atoms with van der Waals surface area (Å²) in [7, 11) is 0. The highest BCUT2D eigenvalue weighted by Gasteiger charge is 2.25. The van der Waals surface area contributed by atoms with Gasteiger partial charge >= 0.3 is 0 Å². The van der Waals surface area contributed by atoms with E-state index >= 15 is 0 Å². The second-order valence-corrected chi connectivity index (χ2v) is 5.53. The molecule has 1 heterocycles. The largest absolute Gasteiger partial charge is 0.487 e. The lowest BCUT2D eigenvalue weighted by Crippen LogP contribution is -2.04. The average molecular weight is 321 g/mol. The molecule has 0 aliphatic heterocycles. The molecule has 1 fully saturated rings. The van der Waals surface area contributed by atoms with E-state index in [0.717, 1.165) is 16.5 Å². The Morgan fingerprint density at radius 1 is 1.47 bits per heavy atom. The molecule has 4 nitrogen and oxygen atoms in total. The molecule has 0 atom stereocenters. The van der Waals surface area contributed by atoms with Crippen molar-refractivity contribution in [1.82, 2.24) is 9.55 Å². The van der Waals surface area contributed by atoms with Gasteiger partial charge in [0.15, 0.2) is 6.29 Å². The number of aldehydes is 1. The van der Waals surface area contributed by atoms with Crippen LogP contribution in [0.1, 0.15) is 34.9 Å². The Labute approximate surface area is 119 Å². The first-order chi connectivity index (χ1) is 9.28. The Balaban J connectivity index is 1.75. The highest BCUT2D eigenvalue weighted by Crippen LogP contribution is 2.35. The maximum absolute atomic E-state index is 11.0. The molecule has 0 N–H and O–H groups in total. The predicted octanol–water partition coefficient (Wildman–Crippen LogP) is 3.37. The van der Waals surface area contributed by atoms with Crippen molar-refractivity contribution in [2.45, 2.75) is 25.5 Å². The van der Waals surface area contributed by atoms with Gasteiger partial charge in [-0.3, -0.25) is 4.79 Å². The molecule has 1 aliphatic rings. The molecule has 0 radical (unpaired) electrons. The van der Waals surface area contributed by atoms with Gasteiger partial charge in [-0.05, 0) is 31.0 Å². The van der Waals surface area contributed by atoms with Crippen molar-refractivity contribution < 1.29 is 9.53 Å². The molecule has 1 aromatic heterocycles. The minimum atomic E-state index is 0.430. The zero-order valence-electron chi connectivity index (χ0n) is 10.3. The molecule has 3 rings (SSSR count). The van der Waals surface area contributed by atoms with Crippen LogP contribution in [-0.4, -0.2) is 15.8 Å². The zero-order valence-corrected chi connectivity index (χ0v) is 11.8. The van der Waals surface area contributed by atoms with Crippen molar-refractivity contribution in [2.24, 2.45) is 0 Å². The van der Waals surface area contributed by atoms with Crippen molar-refractivity contribution in [3.8, 4) is 5.75 Å². The van der Waals surface area contributed by atoms with Gasteiger partial charge in [-0.2, -0.15) is 0 Å². The monoisotopic (exact) mass is 320 g/mol.